The molecule has 1 unspecified atom stereocenters. The Hall–Kier alpha value is -2.60. The van der Waals surface area contributed by atoms with Crippen LogP contribution in [-0.2, 0) is 16.0 Å². The predicted molar refractivity (Wildman–Crippen MR) is 92.5 cm³/mol. The fourth-order valence-electron chi connectivity index (χ4n) is 2.51. The van der Waals surface area contributed by atoms with Crippen LogP contribution in [0.3, 0.4) is 0 Å². The largest absolute Gasteiger partial charge is 0.481 e. The van der Waals surface area contributed by atoms with Gasteiger partial charge in [0.05, 0.1) is 17.9 Å². The van der Waals surface area contributed by atoms with Crippen molar-refractivity contribution in [1.82, 2.24) is 5.32 Å². The van der Waals surface area contributed by atoms with Gasteiger partial charge in [0, 0.05) is 18.7 Å². The maximum absolute atomic E-state index is 12.2. The first kappa shape index (κ1) is 18.7. The molecule has 0 aliphatic rings. The van der Waals surface area contributed by atoms with Gasteiger partial charge >= 0.3 is 5.97 Å². The molecule has 6 heteroatoms. The number of benzene rings is 1. The third-order valence-electron chi connectivity index (χ3n) is 3.83. The Labute approximate surface area is 146 Å². The van der Waals surface area contributed by atoms with E-state index in [2.05, 4.69) is 5.32 Å². The molecule has 0 saturated heterocycles. The van der Waals surface area contributed by atoms with Crippen LogP contribution >= 0.6 is 0 Å². The van der Waals surface area contributed by atoms with E-state index >= 15 is 0 Å². The van der Waals surface area contributed by atoms with E-state index in [1.165, 1.54) is 6.26 Å². The number of carbonyl (C=O) groups excluding carboxylic acids is 1. The molecule has 2 rings (SSSR count). The van der Waals surface area contributed by atoms with E-state index in [1.54, 1.807) is 6.92 Å². The maximum Gasteiger partial charge on any atom is 0.311 e. The minimum absolute atomic E-state index is 0.00445. The molecule has 0 saturated carbocycles. The van der Waals surface area contributed by atoms with E-state index in [9.17, 15) is 9.59 Å². The first-order valence-corrected chi connectivity index (χ1v) is 8.22. The van der Waals surface area contributed by atoms with Crippen LogP contribution in [-0.4, -0.2) is 30.1 Å². The number of ether oxygens (including phenoxy) is 1. The first-order chi connectivity index (χ1) is 12.0. The van der Waals surface area contributed by atoms with E-state index in [1.807, 2.05) is 37.3 Å². The monoisotopic (exact) mass is 345 g/mol. The molecule has 0 fully saturated rings. The van der Waals surface area contributed by atoms with Crippen molar-refractivity contribution >= 4 is 11.9 Å². The number of aliphatic carboxylic acids is 1. The van der Waals surface area contributed by atoms with Crippen molar-refractivity contribution in [1.29, 1.82) is 0 Å². The minimum atomic E-state index is -1.04. The lowest BCUT2D eigenvalue weighted by Gasteiger charge is -2.13. The van der Waals surface area contributed by atoms with Gasteiger partial charge in [0.25, 0.3) is 5.91 Å². The highest BCUT2D eigenvalue weighted by atomic mass is 16.5. The quantitative estimate of drug-likeness (QED) is 0.682. The number of furan rings is 1. The number of rotatable bonds is 9. The van der Waals surface area contributed by atoms with Crippen LogP contribution in [0.2, 0.25) is 0 Å². The summed E-state index contributed by atoms with van der Waals surface area (Å²) in [5, 5.41) is 11.6. The lowest BCUT2D eigenvalue weighted by Crippen LogP contribution is -2.26. The molecule has 2 N–H and O–H groups in total. The molecular weight excluding hydrogens is 322 g/mol. The number of carboxylic acid groups (broad SMARTS) is 1. The van der Waals surface area contributed by atoms with Gasteiger partial charge in [-0.1, -0.05) is 30.3 Å². The molecule has 0 bridgehead atoms. The van der Waals surface area contributed by atoms with Crippen LogP contribution in [0.1, 0.15) is 46.7 Å². The van der Waals surface area contributed by atoms with E-state index in [-0.39, 0.29) is 24.2 Å². The summed E-state index contributed by atoms with van der Waals surface area (Å²) in [6.07, 6.45) is 1.75. The van der Waals surface area contributed by atoms with Gasteiger partial charge in [0.1, 0.15) is 12.2 Å². The first-order valence-electron chi connectivity index (χ1n) is 8.22. The fraction of sp³-hybridized carbons (Fsp3) is 0.368. The van der Waals surface area contributed by atoms with Gasteiger partial charge in [-0.3, -0.25) is 9.59 Å². The summed E-state index contributed by atoms with van der Waals surface area (Å²) in [6.45, 7) is 4.66. The average Bonchev–Trinajstić information content (AvgIpc) is 2.94. The Bertz CT molecular complexity index is 708. The molecule has 1 atom stereocenters. The highest BCUT2D eigenvalue weighted by Crippen LogP contribution is 2.18. The summed E-state index contributed by atoms with van der Waals surface area (Å²) in [5.41, 5.74) is 2.04. The highest BCUT2D eigenvalue weighted by molar-refractivity contribution is 5.97. The third-order valence-corrected chi connectivity index (χ3v) is 3.83. The summed E-state index contributed by atoms with van der Waals surface area (Å²) in [5.74, 6) is -1.18. The van der Waals surface area contributed by atoms with Crippen LogP contribution in [0.5, 0.6) is 0 Å². The van der Waals surface area contributed by atoms with Crippen molar-refractivity contribution in [2.24, 2.45) is 0 Å². The summed E-state index contributed by atoms with van der Waals surface area (Å²) in [6, 6.07) is 9.92. The van der Waals surface area contributed by atoms with Crippen LogP contribution in [0, 0.1) is 6.92 Å². The predicted octanol–water partition coefficient (Wildman–Crippen LogP) is 3.11. The van der Waals surface area contributed by atoms with Crippen molar-refractivity contribution in [3.8, 4) is 0 Å². The van der Waals surface area contributed by atoms with Gasteiger partial charge in [0.15, 0.2) is 0 Å². The lowest BCUT2D eigenvalue weighted by atomic mass is 10.1. The van der Waals surface area contributed by atoms with Gasteiger partial charge in [-0.05, 0) is 25.8 Å². The van der Waals surface area contributed by atoms with Gasteiger partial charge in [-0.25, -0.2) is 0 Å². The van der Waals surface area contributed by atoms with Crippen molar-refractivity contribution < 1.29 is 23.8 Å². The number of amides is 1. The summed E-state index contributed by atoms with van der Waals surface area (Å²) in [7, 11) is 0. The van der Waals surface area contributed by atoms with Crippen molar-refractivity contribution in [3.63, 3.8) is 0 Å². The zero-order chi connectivity index (χ0) is 18.2. The molecule has 1 heterocycles. The molecule has 6 nitrogen and oxygen atoms in total. The normalized spacial score (nSPS) is 11.9. The molecule has 134 valence electrons. The Morgan fingerprint density at radius 3 is 2.68 bits per heavy atom. The van der Waals surface area contributed by atoms with Gasteiger partial charge in [-0.2, -0.15) is 0 Å². The second-order valence-electron chi connectivity index (χ2n) is 5.82. The topological polar surface area (TPSA) is 88.8 Å². The molecule has 0 radical (unpaired) electrons. The fourth-order valence-corrected chi connectivity index (χ4v) is 2.51. The number of nitrogens with one attached hydrogen (secondary N) is 1. The van der Waals surface area contributed by atoms with E-state index in [0.717, 1.165) is 5.56 Å². The standard InChI is InChI=1S/C19H23NO5/c1-13-12-25-16(11-17(21)22)18(13)19(23)20-9-6-10-24-14(2)15-7-4-3-5-8-15/h3-5,7-8,12,14H,6,9-11H2,1-2H3,(H,20,23)(H,21,22). The van der Waals surface area contributed by atoms with Crippen LogP contribution in [0.25, 0.3) is 0 Å². The Morgan fingerprint density at radius 1 is 1.28 bits per heavy atom. The second-order valence-corrected chi connectivity index (χ2v) is 5.82. The summed E-state index contributed by atoms with van der Waals surface area (Å²) >= 11 is 0. The second kappa shape index (κ2) is 9.03. The van der Waals surface area contributed by atoms with Gasteiger partial charge in [-0.15, -0.1) is 0 Å². The van der Waals surface area contributed by atoms with Crippen LogP contribution in [0.15, 0.2) is 41.0 Å². The smallest absolute Gasteiger partial charge is 0.311 e. The molecule has 0 spiro atoms. The van der Waals surface area contributed by atoms with Gasteiger partial charge < -0.3 is 19.6 Å². The number of carbonyl (C=O) groups is 2. The van der Waals surface area contributed by atoms with Gasteiger partial charge in [0.2, 0.25) is 0 Å². The molecule has 1 amide bonds. The van der Waals surface area contributed by atoms with Crippen LogP contribution < -0.4 is 5.32 Å². The Balaban J connectivity index is 1.76. The highest BCUT2D eigenvalue weighted by Gasteiger charge is 2.20. The molecule has 1 aromatic heterocycles. The third kappa shape index (κ3) is 5.46. The summed E-state index contributed by atoms with van der Waals surface area (Å²) < 4.78 is 10.9. The maximum atomic E-state index is 12.2. The number of aryl methyl sites for hydroxylation is 1. The number of hydrogen-bond donors (Lipinski definition) is 2. The van der Waals surface area contributed by atoms with E-state index < -0.39 is 5.97 Å². The Kier molecular flexibility index (Phi) is 6.77. The van der Waals surface area contributed by atoms with Crippen molar-refractivity contribution in [2.45, 2.75) is 32.8 Å². The zero-order valence-electron chi connectivity index (χ0n) is 14.5. The number of carboxylic acids is 1. The molecule has 0 aliphatic carbocycles. The lowest BCUT2D eigenvalue weighted by molar-refractivity contribution is -0.136. The van der Waals surface area contributed by atoms with Crippen LogP contribution in [0.4, 0.5) is 0 Å². The minimum Gasteiger partial charge on any atom is -0.481 e. The molecular formula is C19H23NO5. The molecule has 2 aromatic rings. The van der Waals surface area contributed by atoms with E-state index in [0.29, 0.717) is 30.7 Å². The van der Waals surface area contributed by atoms with E-state index in [4.69, 9.17) is 14.3 Å². The molecule has 0 aliphatic heterocycles. The zero-order valence-corrected chi connectivity index (χ0v) is 14.5. The number of hydrogen-bond acceptors (Lipinski definition) is 4. The average molecular weight is 345 g/mol. The van der Waals surface area contributed by atoms with Crippen molar-refractivity contribution in [2.75, 3.05) is 13.2 Å². The molecule has 25 heavy (non-hydrogen) atoms. The Morgan fingerprint density at radius 2 is 2.00 bits per heavy atom. The van der Waals surface area contributed by atoms with Crippen molar-refractivity contribution in [3.05, 3.63) is 59.0 Å². The summed E-state index contributed by atoms with van der Waals surface area (Å²) in [4.78, 5) is 23.1. The molecule has 1 aromatic carbocycles. The SMILES string of the molecule is Cc1coc(CC(=O)O)c1C(=O)NCCCOC(C)c1ccccc1.